The number of allylic oxidation sites excluding steroid dienone is 1. The van der Waals surface area contributed by atoms with E-state index in [9.17, 15) is 14.7 Å². The van der Waals surface area contributed by atoms with Gasteiger partial charge in [0.25, 0.3) is 0 Å². The fourth-order valence-electron chi connectivity index (χ4n) is 3.79. The molecule has 0 saturated carbocycles. The van der Waals surface area contributed by atoms with Gasteiger partial charge in [0.1, 0.15) is 6.04 Å². The average molecular weight is 377 g/mol. The van der Waals surface area contributed by atoms with Crippen LogP contribution in [0.4, 0.5) is 0 Å². The van der Waals surface area contributed by atoms with E-state index < -0.39 is 17.6 Å². The Morgan fingerprint density at radius 2 is 2.08 bits per heavy atom. The van der Waals surface area contributed by atoms with E-state index in [4.69, 9.17) is 4.74 Å². The van der Waals surface area contributed by atoms with Gasteiger partial charge in [-0.2, -0.15) is 0 Å². The molecule has 1 aliphatic heterocycles. The van der Waals surface area contributed by atoms with Crippen molar-refractivity contribution in [2.45, 2.75) is 77.6 Å². The van der Waals surface area contributed by atoms with Crippen LogP contribution in [0.15, 0.2) is 12.2 Å². The fraction of sp³-hybridized carbons (Fsp3) is 0.778. The molecule has 1 fully saturated rings. The van der Waals surface area contributed by atoms with Crippen LogP contribution in [0.3, 0.4) is 0 Å². The quantitative estimate of drug-likeness (QED) is 0.538. The summed E-state index contributed by atoms with van der Waals surface area (Å²) >= 11 is 0. The Morgan fingerprint density at radius 3 is 2.52 bits per heavy atom. The summed E-state index contributed by atoms with van der Waals surface area (Å²) in [4.78, 5) is 23.3. The van der Waals surface area contributed by atoms with Crippen molar-refractivity contribution < 1.29 is 19.4 Å². The van der Waals surface area contributed by atoms with Crippen LogP contribution < -0.4 is 10.6 Å². The van der Waals surface area contributed by atoms with Crippen LogP contribution in [-0.4, -0.2) is 47.3 Å². The van der Waals surface area contributed by atoms with Crippen LogP contribution in [0.2, 0.25) is 0 Å². The van der Waals surface area contributed by atoms with Crippen molar-refractivity contribution in [1.29, 1.82) is 0 Å². The second kappa shape index (κ2) is 10.8. The van der Waals surface area contributed by atoms with Crippen molar-refractivity contribution in [3.63, 3.8) is 0 Å². The average Bonchev–Trinajstić information content (AvgIpc) is 2.89. The first-order valence-corrected chi connectivity index (χ1v) is 8.81. The lowest BCUT2D eigenvalue weighted by atomic mass is 9.81. The first-order valence-electron chi connectivity index (χ1n) is 8.81. The molecule has 0 bridgehead atoms. The molecule has 0 unspecified atom stereocenters. The van der Waals surface area contributed by atoms with Crippen LogP contribution in [-0.2, 0) is 14.3 Å². The lowest BCUT2D eigenvalue weighted by molar-refractivity contribution is -0.139. The molecule has 25 heavy (non-hydrogen) atoms. The van der Waals surface area contributed by atoms with E-state index in [-0.39, 0.29) is 36.3 Å². The van der Waals surface area contributed by atoms with Gasteiger partial charge in [-0.05, 0) is 39.5 Å². The monoisotopic (exact) mass is 376 g/mol. The summed E-state index contributed by atoms with van der Waals surface area (Å²) in [5.74, 6) is -0.964. The van der Waals surface area contributed by atoms with Gasteiger partial charge in [0.05, 0.1) is 11.6 Å². The van der Waals surface area contributed by atoms with Crippen molar-refractivity contribution >= 4 is 24.3 Å². The van der Waals surface area contributed by atoms with Crippen molar-refractivity contribution in [1.82, 2.24) is 10.6 Å². The van der Waals surface area contributed by atoms with E-state index in [1.165, 1.54) is 6.92 Å². The number of ether oxygens (including phenoxy) is 1. The zero-order valence-electron chi connectivity index (χ0n) is 15.9. The van der Waals surface area contributed by atoms with Gasteiger partial charge in [0, 0.05) is 19.6 Å². The number of hydrogen-bond acceptors (Lipinski definition) is 4. The summed E-state index contributed by atoms with van der Waals surface area (Å²) in [7, 11) is 0. The third kappa shape index (κ3) is 6.28. The van der Waals surface area contributed by atoms with Crippen molar-refractivity contribution in [2.24, 2.45) is 5.92 Å². The van der Waals surface area contributed by atoms with Crippen LogP contribution in [0, 0.1) is 5.92 Å². The van der Waals surface area contributed by atoms with Gasteiger partial charge in [-0.1, -0.05) is 25.5 Å². The van der Waals surface area contributed by atoms with Crippen LogP contribution in [0.25, 0.3) is 0 Å². The maximum atomic E-state index is 11.8. The van der Waals surface area contributed by atoms with Crippen LogP contribution in [0.5, 0.6) is 0 Å². The Labute approximate surface area is 157 Å². The van der Waals surface area contributed by atoms with Gasteiger partial charge in [-0.25, -0.2) is 0 Å². The zero-order valence-corrected chi connectivity index (χ0v) is 16.7. The molecular formula is C18H33ClN2O4. The Bertz CT molecular complexity index is 464. The standard InChI is InChI=1S/C18H32N2O4.ClH/c1-6-9-13-11-14(17(22)23)20-15(13)16(19-12(4)21)18(5,10-7-2)24-8-3;/h6,9,13-16,20H,7-8,10-11H2,1-5H3,(H,19,21)(H,22,23);1H/b9-6-;/t13-,14-,15-,16-,18+;/m1./s1. The minimum absolute atomic E-state index is 0. The molecule has 7 heteroatoms. The summed E-state index contributed by atoms with van der Waals surface area (Å²) in [6, 6.07) is -1.10. The van der Waals surface area contributed by atoms with Crippen LogP contribution >= 0.6 is 12.4 Å². The van der Waals surface area contributed by atoms with Crippen molar-refractivity contribution in [3.05, 3.63) is 12.2 Å². The van der Waals surface area contributed by atoms with E-state index in [0.717, 1.165) is 12.8 Å². The fourth-order valence-corrected chi connectivity index (χ4v) is 3.79. The highest BCUT2D eigenvalue weighted by Crippen LogP contribution is 2.33. The Morgan fingerprint density at radius 1 is 1.44 bits per heavy atom. The van der Waals surface area contributed by atoms with Crippen LogP contribution in [0.1, 0.15) is 53.9 Å². The molecule has 1 aliphatic rings. The number of hydrogen-bond donors (Lipinski definition) is 3. The van der Waals surface area contributed by atoms with Gasteiger partial charge in [0.15, 0.2) is 0 Å². The summed E-state index contributed by atoms with van der Waals surface area (Å²) in [6.45, 7) is 9.96. The molecule has 0 aliphatic carbocycles. The second-order valence-electron chi connectivity index (χ2n) is 6.68. The number of amides is 1. The zero-order chi connectivity index (χ0) is 18.3. The molecule has 0 aromatic heterocycles. The number of nitrogens with one attached hydrogen (secondary N) is 2. The van der Waals surface area contributed by atoms with Gasteiger partial charge in [-0.3, -0.25) is 14.9 Å². The lowest BCUT2D eigenvalue weighted by Crippen LogP contribution is -2.62. The van der Waals surface area contributed by atoms with Gasteiger partial charge < -0.3 is 15.2 Å². The summed E-state index contributed by atoms with van der Waals surface area (Å²) in [5, 5.41) is 15.6. The molecule has 0 radical (unpaired) electrons. The predicted octanol–water partition coefficient (Wildman–Crippen LogP) is 2.52. The number of rotatable bonds is 9. The van der Waals surface area contributed by atoms with E-state index >= 15 is 0 Å². The lowest BCUT2D eigenvalue weighted by Gasteiger charge is -2.42. The largest absolute Gasteiger partial charge is 0.480 e. The Kier molecular flexibility index (Phi) is 10.3. The smallest absolute Gasteiger partial charge is 0.320 e. The minimum atomic E-state index is -0.859. The van der Waals surface area contributed by atoms with Gasteiger partial charge in [0.2, 0.25) is 5.91 Å². The third-order valence-corrected chi connectivity index (χ3v) is 4.70. The molecule has 0 aromatic rings. The predicted molar refractivity (Wildman–Crippen MR) is 101 cm³/mol. The molecule has 6 nitrogen and oxygen atoms in total. The first-order chi connectivity index (χ1) is 11.3. The van der Waals surface area contributed by atoms with E-state index in [1.54, 1.807) is 0 Å². The maximum absolute atomic E-state index is 11.8. The number of aliphatic carboxylic acids is 1. The summed E-state index contributed by atoms with van der Waals surface area (Å²) in [6.07, 6.45) is 6.16. The number of carboxylic acids is 1. The molecule has 146 valence electrons. The molecule has 1 heterocycles. The third-order valence-electron chi connectivity index (χ3n) is 4.70. The normalized spacial score (nSPS) is 26.7. The Balaban J connectivity index is 0.00000576. The molecule has 1 amide bonds. The summed E-state index contributed by atoms with van der Waals surface area (Å²) in [5.41, 5.74) is -0.555. The number of carbonyl (C=O) groups is 2. The van der Waals surface area contributed by atoms with E-state index in [0.29, 0.717) is 13.0 Å². The molecule has 0 spiro atoms. The number of carboxylic acid groups (broad SMARTS) is 1. The summed E-state index contributed by atoms with van der Waals surface area (Å²) < 4.78 is 6.04. The maximum Gasteiger partial charge on any atom is 0.320 e. The SMILES string of the molecule is C/C=C\[C@@H]1C[C@H](C(=O)O)N[C@H]1[C@@H](NC(C)=O)[C@](C)(CCC)OCC.Cl. The molecular weight excluding hydrogens is 344 g/mol. The van der Waals surface area contributed by atoms with E-state index in [2.05, 4.69) is 17.6 Å². The molecule has 1 saturated heterocycles. The highest BCUT2D eigenvalue weighted by atomic mass is 35.5. The van der Waals surface area contributed by atoms with Crippen molar-refractivity contribution in [3.8, 4) is 0 Å². The minimum Gasteiger partial charge on any atom is -0.480 e. The topological polar surface area (TPSA) is 87.7 Å². The van der Waals surface area contributed by atoms with Gasteiger partial charge in [-0.15, -0.1) is 12.4 Å². The highest BCUT2D eigenvalue weighted by molar-refractivity contribution is 5.85. The van der Waals surface area contributed by atoms with E-state index in [1.807, 2.05) is 32.9 Å². The number of halogens is 1. The molecule has 5 atom stereocenters. The second-order valence-corrected chi connectivity index (χ2v) is 6.68. The van der Waals surface area contributed by atoms with Gasteiger partial charge >= 0.3 is 5.97 Å². The number of carbonyl (C=O) groups excluding carboxylic acids is 1. The highest BCUT2D eigenvalue weighted by Gasteiger charge is 2.47. The first kappa shape index (κ1) is 23.9. The molecule has 0 aromatic carbocycles. The Hall–Kier alpha value is -1.11. The molecule has 3 N–H and O–H groups in total. The van der Waals surface area contributed by atoms with Crippen molar-refractivity contribution in [2.75, 3.05) is 6.61 Å². The molecule has 1 rings (SSSR count).